The van der Waals surface area contributed by atoms with Crippen LogP contribution in [0, 0.1) is 29.6 Å². The fourth-order valence-corrected chi connectivity index (χ4v) is 6.17. The lowest BCUT2D eigenvalue weighted by atomic mass is 9.70. The van der Waals surface area contributed by atoms with Crippen molar-refractivity contribution in [3.8, 4) is 0 Å². The highest BCUT2D eigenvalue weighted by atomic mass is 19.1. The Labute approximate surface area is 196 Å². The van der Waals surface area contributed by atoms with Crippen LogP contribution in [0.15, 0.2) is 54.1 Å². The summed E-state index contributed by atoms with van der Waals surface area (Å²) in [6.07, 6.45) is 2.69. The molecule has 0 saturated carbocycles. The molecule has 1 amide bonds. The summed E-state index contributed by atoms with van der Waals surface area (Å²) < 4.78 is 28.4. The van der Waals surface area contributed by atoms with E-state index in [-0.39, 0.29) is 42.0 Å². The van der Waals surface area contributed by atoms with E-state index in [9.17, 15) is 18.7 Å². The van der Waals surface area contributed by atoms with Gasteiger partial charge in [-0.1, -0.05) is 44.2 Å². The van der Waals surface area contributed by atoms with Crippen molar-refractivity contribution in [2.75, 3.05) is 26.2 Å². The first-order chi connectivity index (χ1) is 15.6. The van der Waals surface area contributed by atoms with Crippen molar-refractivity contribution in [2.45, 2.75) is 45.8 Å². The number of hydrogen-bond acceptors (Lipinski definition) is 3. The van der Waals surface area contributed by atoms with Gasteiger partial charge in [-0.15, -0.1) is 0 Å². The van der Waals surface area contributed by atoms with Gasteiger partial charge in [0.2, 0.25) is 5.91 Å². The number of rotatable bonds is 4. The van der Waals surface area contributed by atoms with Gasteiger partial charge in [0.25, 0.3) is 0 Å². The lowest BCUT2D eigenvalue weighted by Crippen LogP contribution is -2.57. The van der Waals surface area contributed by atoms with E-state index >= 15 is 0 Å². The normalized spacial score (nSPS) is 35.5. The number of halogens is 2. The molecule has 0 bridgehead atoms. The van der Waals surface area contributed by atoms with Crippen LogP contribution < -0.4 is 0 Å². The Kier molecular flexibility index (Phi) is 6.79. The average Bonchev–Trinajstić information content (AvgIpc) is 3.22. The molecule has 1 aromatic carbocycles. The van der Waals surface area contributed by atoms with Crippen molar-refractivity contribution in [3.63, 3.8) is 0 Å². The van der Waals surface area contributed by atoms with Crippen LogP contribution in [-0.4, -0.2) is 53.0 Å². The van der Waals surface area contributed by atoms with Gasteiger partial charge < -0.3 is 10.0 Å². The van der Waals surface area contributed by atoms with Crippen molar-refractivity contribution in [2.24, 2.45) is 29.6 Å². The molecule has 0 radical (unpaired) electrons. The van der Waals surface area contributed by atoms with E-state index in [1.54, 1.807) is 0 Å². The fourth-order valence-electron chi connectivity index (χ4n) is 6.17. The number of carbonyl (C=O) groups excluding carboxylic acids is 1. The molecule has 2 saturated heterocycles. The molecule has 3 aliphatic rings. The van der Waals surface area contributed by atoms with Crippen LogP contribution in [0.2, 0.25) is 0 Å². The highest BCUT2D eigenvalue weighted by Crippen LogP contribution is 2.44. The molecular weight excluding hydrogens is 422 g/mol. The molecule has 1 N–H and O–H groups in total. The van der Waals surface area contributed by atoms with Crippen molar-refractivity contribution < 1.29 is 18.7 Å². The molecule has 2 unspecified atom stereocenters. The number of carbonyl (C=O) groups is 1. The van der Waals surface area contributed by atoms with Gasteiger partial charge in [-0.05, 0) is 37.8 Å². The lowest BCUT2D eigenvalue weighted by Gasteiger charge is -2.49. The maximum absolute atomic E-state index is 14.8. The zero-order chi connectivity index (χ0) is 23.9. The van der Waals surface area contributed by atoms with E-state index < -0.39 is 23.2 Å². The first-order valence-electron chi connectivity index (χ1n) is 12.2. The van der Waals surface area contributed by atoms with Crippen molar-refractivity contribution >= 4 is 5.91 Å². The van der Waals surface area contributed by atoms with Gasteiger partial charge in [-0.2, -0.15) is 0 Å². The summed E-state index contributed by atoms with van der Waals surface area (Å²) in [5, 5.41) is 11.6. The predicted molar refractivity (Wildman–Crippen MR) is 125 cm³/mol. The lowest BCUT2D eigenvalue weighted by molar-refractivity contribution is -0.153. The number of nitrogens with zero attached hydrogens (tertiary/aromatic N) is 2. The van der Waals surface area contributed by atoms with Crippen LogP contribution in [0.3, 0.4) is 0 Å². The number of hydrogen-bond donors (Lipinski definition) is 1. The number of aliphatic hydroxyl groups is 1. The predicted octanol–water partition coefficient (Wildman–Crippen LogP) is 4.67. The SMILES string of the molecule is CC(C)N1C[C@@H](C(=O)N2C[C@@H](C)C(O)(c3ccccc3)[C@@H](C)C2)[C@H](C2CC=C(F)C=C2F)C1. The Morgan fingerprint density at radius 3 is 2.27 bits per heavy atom. The van der Waals surface area contributed by atoms with E-state index in [1.165, 1.54) is 6.08 Å². The number of amides is 1. The molecule has 1 aromatic rings. The van der Waals surface area contributed by atoms with Crippen LogP contribution in [-0.2, 0) is 10.4 Å². The van der Waals surface area contributed by atoms with Gasteiger partial charge in [-0.25, -0.2) is 8.78 Å². The molecule has 6 heteroatoms. The van der Waals surface area contributed by atoms with Gasteiger partial charge in [0.05, 0.1) is 11.5 Å². The Morgan fingerprint density at radius 1 is 1.06 bits per heavy atom. The Bertz CT molecular complexity index is 917. The third-order valence-electron chi connectivity index (χ3n) is 8.19. The highest BCUT2D eigenvalue weighted by Gasteiger charge is 2.50. The molecule has 2 fully saturated rings. The van der Waals surface area contributed by atoms with Crippen LogP contribution in [0.4, 0.5) is 8.78 Å². The summed E-state index contributed by atoms with van der Waals surface area (Å²) in [7, 11) is 0. The zero-order valence-electron chi connectivity index (χ0n) is 20.0. The van der Waals surface area contributed by atoms with Crippen LogP contribution in [0.5, 0.6) is 0 Å². The maximum Gasteiger partial charge on any atom is 0.227 e. The van der Waals surface area contributed by atoms with Crippen molar-refractivity contribution in [1.29, 1.82) is 0 Å². The molecule has 4 rings (SSSR count). The standard InChI is InChI=1S/C27H36F2N2O2/c1-17(2)30-15-23(22-11-10-21(28)12-25(22)29)24(16-30)26(32)31-13-18(3)27(33,19(4)14-31)20-8-6-5-7-9-20/h5-10,12,17-19,22-24,33H,11,13-16H2,1-4H3/t18-,19+,22?,23-,24+,27?/m0/s1. The summed E-state index contributed by atoms with van der Waals surface area (Å²) in [6, 6.07) is 9.93. The molecule has 0 spiro atoms. The van der Waals surface area contributed by atoms with E-state index in [4.69, 9.17) is 0 Å². The number of allylic oxidation sites excluding steroid dienone is 4. The number of benzene rings is 1. The molecular formula is C27H36F2N2O2. The fraction of sp³-hybridized carbons (Fsp3) is 0.593. The molecule has 4 nitrogen and oxygen atoms in total. The van der Waals surface area contributed by atoms with Gasteiger partial charge in [0, 0.05) is 56.1 Å². The Balaban J connectivity index is 1.55. The summed E-state index contributed by atoms with van der Waals surface area (Å²) in [4.78, 5) is 17.9. The van der Waals surface area contributed by atoms with E-state index in [0.29, 0.717) is 26.2 Å². The maximum atomic E-state index is 14.8. The third kappa shape index (κ3) is 4.40. The van der Waals surface area contributed by atoms with Gasteiger partial charge in [0.15, 0.2) is 0 Å². The second-order valence-electron chi connectivity index (χ2n) is 10.5. The number of piperidine rings is 1. The third-order valence-corrected chi connectivity index (χ3v) is 8.19. The molecule has 6 atom stereocenters. The summed E-state index contributed by atoms with van der Waals surface area (Å²) >= 11 is 0. The average molecular weight is 459 g/mol. The zero-order valence-corrected chi connectivity index (χ0v) is 20.0. The molecule has 180 valence electrons. The first kappa shape index (κ1) is 24.1. The van der Waals surface area contributed by atoms with Crippen LogP contribution >= 0.6 is 0 Å². The van der Waals surface area contributed by atoms with E-state index in [1.807, 2.05) is 49.1 Å². The van der Waals surface area contributed by atoms with Crippen molar-refractivity contribution in [1.82, 2.24) is 9.80 Å². The molecule has 2 aliphatic heterocycles. The minimum atomic E-state index is -1.00. The van der Waals surface area contributed by atoms with Crippen LogP contribution in [0.25, 0.3) is 0 Å². The quantitative estimate of drug-likeness (QED) is 0.713. The minimum Gasteiger partial charge on any atom is -0.384 e. The molecule has 33 heavy (non-hydrogen) atoms. The van der Waals surface area contributed by atoms with Crippen LogP contribution in [0.1, 0.15) is 39.7 Å². The monoisotopic (exact) mass is 458 g/mol. The van der Waals surface area contributed by atoms with E-state index in [0.717, 1.165) is 11.6 Å². The molecule has 1 aliphatic carbocycles. The summed E-state index contributed by atoms with van der Waals surface area (Å²) in [5.41, 5.74) is -0.123. The summed E-state index contributed by atoms with van der Waals surface area (Å²) in [6.45, 7) is 10.3. The van der Waals surface area contributed by atoms with E-state index in [2.05, 4.69) is 18.7 Å². The molecule has 2 heterocycles. The minimum absolute atomic E-state index is 0.0276. The van der Waals surface area contributed by atoms with Crippen molar-refractivity contribution in [3.05, 3.63) is 59.7 Å². The number of likely N-dealkylation sites (tertiary alicyclic amines) is 2. The second-order valence-corrected chi connectivity index (χ2v) is 10.5. The Morgan fingerprint density at radius 2 is 1.70 bits per heavy atom. The Hall–Kier alpha value is -2.05. The smallest absolute Gasteiger partial charge is 0.227 e. The summed E-state index contributed by atoms with van der Waals surface area (Å²) in [5.74, 6) is -2.25. The topological polar surface area (TPSA) is 43.8 Å². The van der Waals surface area contributed by atoms with Gasteiger partial charge in [0.1, 0.15) is 11.7 Å². The van der Waals surface area contributed by atoms with Gasteiger partial charge >= 0.3 is 0 Å². The second kappa shape index (κ2) is 9.30. The first-order valence-corrected chi connectivity index (χ1v) is 12.2. The highest BCUT2D eigenvalue weighted by molar-refractivity contribution is 5.80. The largest absolute Gasteiger partial charge is 0.384 e. The van der Waals surface area contributed by atoms with Gasteiger partial charge in [-0.3, -0.25) is 9.69 Å². The molecule has 0 aromatic heterocycles.